The van der Waals surface area contributed by atoms with E-state index in [9.17, 15) is 14.7 Å². The van der Waals surface area contributed by atoms with Gasteiger partial charge in [-0.3, -0.25) is 9.59 Å². The quantitative estimate of drug-likeness (QED) is 0.737. The zero-order valence-electron chi connectivity index (χ0n) is 15.0. The number of aromatic nitrogens is 1. The van der Waals surface area contributed by atoms with E-state index < -0.39 is 11.5 Å². The third kappa shape index (κ3) is 2.47. The number of nitrogens with zero attached hydrogens (tertiary/aromatic N) is 3. The van der Waals surface area contributed by atoms with Crippen molar-refractivity contribution < 1.29 is 19.1 Å². The Morgan fingerprint density at radius 3 is 2.14 bits per heavy atom. The van der Waals surface area contributed by atoms with Gasteiger partial charge in [0.2, 0.25) is 11.6 Å². The van der Waals surface area contributed by atoms with Crippen LogP contribution in [0.4, 0.5) is 6.01 Å². The number of fused-ring (bicyclic) bond motifs is 2. The molecule has 28 heavy (non-hydrogen) atoms. The minimum atomic E-state index is -0.508. The van der Waals surface area contributed by atoms with Crippen molar-refractivity contribution in [2.24, 2.45) is 0 Å². The largest absolute Gasteiger partial charge is 0.503 e. The van der Waals surface area contributed by atoms with Crippen LogP contribution >= 0.6 is 0 Å². The summed E-state index contributed by atoms with van der Waals surface area (Å²) in [6.07, 6.45) is 0. The number of para-hydroxylation sites is 2. The van der Waals surface area contributed by atoms with Crippen molar-refractivity contribution >= 4 is 28.7 Å². The lowest BCUT2D eigenvalue weighted by molar-refractivity contribution is 0.0890. The van der Waals surface area contributed by atoms with Crippen molar-refractivity contribution in [2.75, 3.05) is 31.1 Å². The molecule has 2 aromatic carbocycles. The van der Waals surface area contributed by atoms with Crippen LogP contribution < -0.4 is 4.90 Å². The van der Waals surface area contributed by atoms with E-state index >= 15 is 0 Å². The lowest BCUT2D eigenvalue weighted by Gasteiger charge is -2.37. The third-order valence-corrected chi connectivity index (χ3v) is 5.22. The fourth-order valence-electron chi connectivity index (χ4n) is 3.76. The summed E-state index contributed by atoms with van der Waals surface area (Å²) in [7, 11) is 0. The highest BCUT2D eigenvalue weighted by atomic mass is 16.4. The molecule has 3 aromatic rings. The van der Waals surface area contributed by atoms with Crippen molar-refractivity contribution in [3.8, 4) is 0 Å². The monoisotopic (exact) mass is 375 g/mol. The number of aliphatic hydroxyl groups is 1. The Kier molecular flexibility index (Phi) is 3.68. The van der Waals surface area contributed by atoms with Gasteiger partial charge in [0.15, 0.2) is 11.3 Å². The molecule has 2 aliphatic rings. The molecule has 0 unspecified atom stereocenters. The second-order valence-electron chi connectivity index (χ2n) is 6.84. The van der Waals surface area contributed by atoms with Gasteiger partial charge in [-0.1, -0.05) is 36.4 Å². The number of hydrogen-bond donors (Lipinski definition) is 1. The van der Waals surface area contributed by atoms with Gasteiger partial charge in [-0.15, -0.1) is 0 Å². The Hall–Kier alpha value is -3.61. The first kappa shape index (κ1) is 16.6. The average molecular weight is 375 g/mol. The molecule has 7 nitrogen and oxygen atoms in total. The molecule has 1 fully saturated rings. The number of piperazine rings is 1. The molecule has 0 amide bonds. The van der Waals surface area contributed by atoms with Gasteiger partial charge in [-0.25, -0.2) is 0 Å². The minimum Gasteiger partial charge on any atom is -0.503 e. The van der Waals surface area contributed by atoms with E-state index in [0.29, 0.717) is 37.8 Å². The molecule has 140 valence electrons. The Labute approximate surface area is 160 Å². The number of hydrogen-bond acceptors (Lipinski definition) is 7. The van der Waals surface area contributed by atoms with Crippen LogP contribution in [0.5, 0.6) is 0 Å². The molecule has 1 saturated heterocycles. The number of anilines is 1. The van der Waals surface area contributed by atoms with Crippen molar-refractivity contribution in [3.63, 3.8) is 0 Å². The van der Waals surface area contributed by atoms with E-state index in [2.05, 4.69) is 4.98 Å². The van der Waals surface area contributed by atoms with Crippen LogP contribution in [0.1, 0.15) is 20.7 Å². The molecule has 0 spiro atoms. The highest BCUT2D eigenvalue weighted by Gasteiger charge is 2.36. The normalized spacial score (nSPS) is 17.4. The number of rotatable bonds is 2. The standard InChI is InChI=1S/C21H17N3O4/c25-18-13-5-1-2-6-14(13)19(26)20(27)17(18)23-9-11-24(12-10-23)21-22-15-7-3-4-8-16(15)28-21/h1-8,27H,9-12H2. The Balaban J connectivity index is 1.38. The first-order valence-electron chi connectivity index (χ1n) is 9.10. The molecule has 0 radical (unpaired) electrons. The first-order valence-corrected chi connectivity index (χ1v) is 9.10. The summed E-state index contributed by atoms with van der Waals surface area (Å²) >= 11 is 0. The van der Waals surface area contributed by atoms with E-state index in [0.717, 1.165) is 11.1 Å². The fourth-order valence-corrected chi connectivity index (χ4v) is 3.76. The maximum Gasteiger partial charge on any atom is 0.298 e. The molecule has 2 heterocycles. The second-order valence-corrected chi connectivity index (χ2v) is 6.84. The Bertz CT molecular complexity index is 1110. The van der Waals surface area contributed by atoms with Crippen LogP contribution in [0, 0.1) is 0 Å². The predicted octanol–water partition coefficient (Wildman–Crippen LogP) is 2.80. The number of allylic oxidation sites excluding steroid dienone is 2. The summed E-state index contributed by atoms with van der Waals surface area (Å²) in [5.41, 5.74) is 2.19. The highest BCUT2D eigenvalue weighted by molar-refractivity contribution is 6.25. The zero-order valence-corrected chi connectivity index (χ0v) is 15.0. The molecule has 5 rings (SSSR count). The van der Waals surface area contributed by atoms with E-state index in [1.54, 1.807) is 29.2 Å². The summed E-state index contributed by atoms with van der Waals surface area (Å²) in [6.45, 7) is 2.07. The number of ketones is 2. The summed E-state index contributed by atoms with van der Waals surface area (Å²) < 4.78 is 5.81. The first-order chi connectivity index (χ1) is 13.6. The zero-order chi connectivity index (χ0) is 19.3. The van der Waals surface area contributed by atoms with Crippen molar-refractivity contribution in [1.82, 2.24) is 9.88 Å². The van der Waals surface area contributed by atoms with Gasteiger partial charge < -0.3 is 19.3 Å². The topological polar surface area (TPSA) is 86.9 Å². The van der Waals surface area contributed by atoms with E-state index in [1.807, 2.05) is 29.2 Å². The molecular weight excluding hydrogens is 358 g/mol. The van der Waals surface area contributed by atoms with Crippen LogP contribution in [0.15, 0.2) is 64.4 Å². The smallest absolute Gasteiger partial charge is 0.298 e. The van der Waals surface area contributed by atoms with E-state index in [1.165, 1.54) is 0 Å². The average Bonchev–Trinajstić information content (AvgIpc) is 3.17. The number of Topliss-reactive ketones (excluding diaryl/α,β-unsaturated/α-hetero) is 2. The van der Waals surface area contributed by atoms with Crippen LogP contribution in [-0.2, 0) is 0 Å². The molecule has 1 aliphatic heterocycles. The van der Waals surface area contributed by atoms with Crippen LogP contribution in [0.3, 0.4) is 0 Å². The van der Waals surface area contributed by atoms with Gasteiger partial charge in [-0.05, 0) is 12.1 Å². The Morgan fingerprint density at radius 1 is 0.821 bits per heavy atom. The summed E-state index contributed by atoms with van der Waals surface area (Å²) in [5.74, 6) is -1.30. The van der Waals surface area contributed by atoms with Crippen LogP contribution in [-0.4, -0.2) is 52.7 Å². The number of benzene rings is 2. The molecular formula is C21H17N3O4. The lowest BCUT2D eigenvalue weighted by atomic mass is 9.90. The second kappa shape index (κ2) is 6.23. The van der Waals surface area contributed by atoms with Crippen molar-refractivity contribution in [2.45, 2.75) is 0 Å². The molecule has 0 atom stereocenters. The number of carbonyl (C=O) groups is 2. The summed E-state index contributed by atoms with van der Waals surface area (Å²) in [5, 5.41) is 10.4. The maximum atomic E-state index is 12.9. The van der Waals surface area contributed by atoms with Gasteiger partial charge >= 0.3 is 0 Å². The highest BCUT2D eigenvalue weighted by Crippen LogP contribution is 2.29. The van der Waals surface area contributed by atoms with Crippen LogP contribution in [0.2, 0.25) is 0 Å². The minimum absolute atomic E-state index is 0.0842. The van der Waals surface area contributed by atoms with Gasteiger partial charge in [0.1, 0.15) is 11.2 Å². The summed E-state index contributed by atoms with van der Waals surface area (Å²) in [4.78, 5) is 33.6. The van der Waals surface area contributed by atoms with Gasteiger partial charge in [-0.2, -0.15) is 4.98 Å². The molecule has 0 bridgehead atoms. The van der Waals surface area contributed by atoms with Crippen LogP contribution in [0.25, 0.3) is 11.1 Å². The number of carbonyl (C=O) groups excluding carboxylic acids is 2. The van der Waals surface area contributed by atoms with Gasteiger partial charge in [0.05, 0.1) is 0 Å². The molecule has 7 heteroatoms. The fraction of sp³-hybridized carbons (Fsp3) is 0.190. The SMILES string of the molecule is O=C1C(O)=C(N2CCN(c3nc4ccccc4o3)CC2)C(=O)c2ccccc21. The van der Waals surface area contributed by atoms with Crippen molar-refractivity contribution in [3.05, 3.63) is 71.1 Å². The molecule has 1 aromatic heterocycles. The van der Waals surface area contributed by atoms with Gasteiger partial charge in [0.25, 0.3) is 6.01 Å². The molecule has 1 aliphatic carbocycles. The number of aliphatic hydroxyl groups excluding tert-OH is 1. The van der Waals surface area contributed by atoms with E-state index in [-0.39, 0.29) is 17.0 Å². The maximum absolute atomic E-state index is 12.9. The number of oxazole rings is 1. The molecule has 1 N–H and O–H groups in total. The third-order valence-electron chi connectivity index (χ3n) is 5.22. The summed E-state index contributed by atoms with van der Waals surface area (Å²) in [6, 6.07) is 14.7. The molecule has 0 saturated carbocycles. The predicted molar refractivity (Wildman–Crippen MR) is 103 cm³/mol. The van der Waals surface area contributed by atoms with E-state index in [4.69, 9.17) is 4.42 Å². The lowest BCUT2D eigenvalue weighted by Crippen LogP contribution is -2.48. The van der Waals surface area contributed by atoms with Gasteiger partial charge in [0, 0.05) is 37.3 Å². The van der Waals surface area contributed by atoms with Crippen molar-refractivity contribution in [1.29, 1.82) is 0 Å². The Morgan fingerprint density at radius 2 is 1.43 bits per heavy atom.